The van der Waals surface area contributed by atoms with Crippen molar-refractivity contribution in [1.82, 2.24) is 4.98 Å². The number of nitrogens with zero attached hydrogens (tertiary/aromatic N) is 1. The lowest BCUT2D eigenvalue weighted by molar-refractivity contribution is -0.00662. The van der Waals surface area contributed by atoms with E-state index in [4.69, 9.17) is 4.74 Å². The normalized spacial score (nSPS) is 21.3. The van der Waals surface area contributed by atoms with Crippen LogP contribution in [0, 0.1) is 12.7 Å². The maximum atomic E-state index is 13.7. The second-order valence-corrected chi connectivity index (χ2v) is 5.56. The Bertz CT molecular complexity index is 757. The van der Waals surface area contributed by atoms with E-state index in [1.54, 1.807) is 13.8 Å². The fourth-order valence-electron chi connectivity index (χ4n) is 3.12. The molecule has 1 aliphatic rings. The minimum Gasteiger partial charge on any atom is -0.478 e. The van der Waals surface area contributed by atoms with Crippen LogP contribution in [-0.4, -0.2) is 22.2 Å². The monoisotopic (exact) mass is 289 g/mol. The number of pyridine rings is 1. The molecule has 2 atom stereocenters. The van der Waals surface area contributed by atoms with Crippen molar-refractivity contribution in [3.05, 3.63) is 40.3 Å². The molecule has 1 N–H and O–H groups in total. The molecule has 4 nitrogen and oxygen atoms in total. The van der Waals surface area contributed by atoms with Gasteiger partial charge >= 0.3 is 5.97 Å². The molecule has 0 saturated heterocycles. The van der Waals surface area contributed by atoms with Gasteiger partial charge in [-0.05, 0) is 38.5 Å². The summed E-state index contributed by atoms with van der Waals surface area (Å²) in [6.45, 7) is 5.48. The average molecular weight is 289 g/mol. The molecular weight excluding hydrogens is 273 g/mol. The van der Waals surface area contributed by atoms with Crippen LogP contribution >= 0.6 is 0 Å². The van der Waals surface area contributed by atoms with Crippen molar-refractivity contribution in [3.63, 3.8) is 0 Å². The van der Waals surface area contributed by atoms with Gasteiger partial charge in [0, 0.05) is 17.4 Å². The number of carbonyl (C=O) groups is 1. The highest BCUT2D eigenvalue weighted by molar-refractivity contribution is 6.05. The predicted octanol–water partition coefficient (Wildman–Crippen LogP) is 3.40. The second-order valence-electron chi connectivity index (χ2n) is 5.56. The Balaban J connectivity index is 2.45. The number of rotatable bonds is 1. The Hall–Kier alpha value is -2.01. The molecular formula is C16H16FNO3. The van der Waals surface area contributed by atoms with Crippen molar-refractivity contribution in [3.8, 4) is 0 Å². The highest BCUT2D eigenvalue weighted by Crippen LogP contribution is 2.36. The van der Waals surface area contributed by atoms with E-state index in [0.717, 1.165) is 5.69 Å². The van der Waals surface area contributed by atoms with Gasteiger partial charge in [-0.3, -0.25) is 4.98 Å². The third-order valence-electron chi connectivity index (χ3n) is 3.90. The number of carboxylic acids is 1. The van der Waals surface area contributed by atoms with E-state index in [0.29, 0.717) is 28.5 Å². The molecule has 2 aromatic rings. The third-order valence-corrected chi connectivity index (χ3v) is 3.90. The van der Waals surface area contributed by atoms with Crippen LogP contribution in [0.25, 0.3) is 10.9 Å². The van der Waals surface area contributed by atoms with E-state index >= 15 is 0 Å². The van der Waals surface area contributed by atoms with Gasteiger partial charge in [-0.25, -0.2) is 9.18 Å². The molecule has 0 fully saturated rings. The summed E-state index contributed by atoms with van der Waals surface area (Å²) in [4.78, 5) is 16.3. The summed E-state index contributed by atoms with van der Waals surface area (Å²) in [5.74, 6) is -1.53. The van der Waals surface area contributed by atoms with Gasteiger partial charge in [0.25, 0.3) is 0 Å². The fourth-order valence-corrected chi connectivity index (χ4v) is 3.12. The minimum absolute atomic E-state index is 0.0140. The molecule has 2 unspecified atom stereocenters. The molecule has 0 amide bonds. The van der Waals surface area contributed by atoms with Crippen molar-refractivity contribution >= 4 is 16.9 Å². The molecule has 5 heteroatoms. The minimum atomic E-state index is -1.08. The van der Waals surface area contributed by atoms with E-state index in [2.05, 4.69) is 4.98 Å². The Morgan fingerprint density at radius 3 is 2.81 bits per heavy atom. The highest BCUT2D eigenvalue weighted by atomic mass is 19.1. The maximum Gasteiger partial charge on any atom is 0.336 e. The molecule has 3 rings (SSSR count). The van der Waals surface area contributed by atoms with Crippen molar-refractivity contribution in [2.75, 3.05) is 0 Å². The summed E-state index contributed by atoms with van der Waals surface area (Å²) in [7, 11) is 0. The summed E-state index contributed by atoms with van der Waals surface area (Å²) in [6.07, 6.45) is 0.183. The van der Waals surface area contributed by atoms with Crippen molar-refractivity contribution in [2.24, 2.45) is 0 Å². The van der Waals surface area contributed by atoms with E-state index in [1.807, 2.05) is 6.92 Å². The Labute approximate surface area is 121 Å². The van der Waals surface area contributed by atoms with E-state index in [1.165, 1.54) is 12.1 Å². The van der Waals surface area contributed by atoms with Gasteiger partial charge in [-0.2, -0.15) is 0 Å². The summed E-state index contributed by atoms with van der Waals surface area (Å²) >= 11 is 0. The Kier molecular flexibility index (Phi) is 3.17. The molecule has 0 radical (unpaired) electrons. The van der Waals surface area contributed by atoms with Crippen LogP contribution in [0.3, 0.4) is 0 Å². The third kappa shape index (κ3) is 2.17. The standard InChI is InChI=1S/C16H16FNO3/c1-7-4-10(17)6-11-14(16(19)20)13-9(3)21-8(2)5-12(13)18-15(7)11/h4,6,8-9H,5H2,1-3H3,(H,19,20). The van der Waals surface area contributed by atoms with E-state index < -0.39 is 11.8 Å². The molecule has 1 aromatic carbocycles. The van der Waals surface area contributed by atoms with Crippen molar-refractivity contribution in [1.29, 1.82) is 0 Å². The maximum absolute atomic E-state index is 13.7. The summed E-state index contributed by atoms with van der Waals surface area (Å²) in [5, 5.41) is 9.94. The van der Waals surface area contributed by atoms with Crippen LogP contribution in [0.15, 0.2) is 12.1 Å². The largest absolute Gasteiger partial charge is 0.478 e. The fraction of sp³-hybridized carbons (Fsp3) is 0.375. The molecule has 110 valence electrons. The smallest absolute Gasteiger partial charge is 0.336 e. The average Bonchev–Trinajstić information content (AvgIpc) is 2.36. The Morgan fingerprint density at radius 2 is 2.14 bits per heavy atom. The van der Waals surface area contributed by atoms with Crippen LogP contribution < -0.4 is 0 Å². The number of ether oxygens (including phenoxy) is 1. The molecule has 0 saturated carbocycles. The first-order chi connectivity index (χ1) is 9.88. The number of aryl methyl sites for hydroxylation is 1. The summed E-state index contributed by atoms with van der Waals surface area (Å²) in [5.41, 5.74) is 2.60. The van der Waals surface area contributed by atoms with Gasteiger partial charge in [0.15, 0.2) is 0 Å². The lowest BCUT2D eigenvalue weighted by Crippen LogP contribution is -2.26. The predicted molar refractivity (Wildman–Crippen MR) is 76.1 cm³/mol. The number of hydrogen-bond acceptors (Lipinski definition) is 3. The molecule has 2 heterocycles. The quantitative estimate of drug-likeness (QED) is 0.874. The zero-order chi connectivity index (χ0) is 15.3. The number of aromatic nitrogens is 1. The first-order valence-electron chi connectivity index (χ1n) is 6.90. The van der Waals surface area contributed by atoms with Gasteiger partial charge in [0.2, 0.25) is 0 Å². The number of aromatic carboxylic acids is 1. The first-order valence-corrected chi connectivity index (χ1v) is 6.90. The van der Waals surface area contributed by atoms with E-state index in [9.17, 15) is 14.3 Å². The lowest BCUT2D eigenvalue weighted by Gasteiger charge is -2.29. The van der Waals surface area contributed by atoms with Crippen LogP contribution in [0.5, 0.6) is 0 Å². The number of halogens is 1. The lowest BCUT2D eigenvalue weighted by atomic mass is 9.91. The van der Waals surface area contributed by atoms with Crippen molar-refractivity contribution in [2.45, 2.75) is 39.4 Å². The van der Waals surface area contributed by atoms with E-state index in [-0.39, 0.29) is 17.8 Å². The first kappa shape index (κ1) is 13.9. The van der Waals surface area contributed by atoms with Gasteiger partial charge in [0.05, 0.1) is 29.0 Å². The van der Waals surface area contributed by atoms with Gasteiger partial charge in [0.1, 0.15) is 5.82 Å². The van der Waals surface area contributed by atoms with Gasteiger partial charge in [-0.1, -0.05) is 0 Å². The second kappa shape index (κ2) is 4.77. The van der Waals surface area contributed by atoms with Gasteiger partial charge in [-0.15, -0.1) is 0 Å². The molecule has 0 aliphatic carbocycles. The number of fused-ring (bicyclic) bond motifs is 2. The van der Waals surface area contributed by atoms with Gasteiger partial charge < -0.3 is 9.84 Å². The van der Waals surface area contributed by atoms with Crippen LogP contribution in [0.1, 0.15) is 47.1 Å². The number of benzene rings is 1. The van der Waals surface area contributed by atoms with Crippen molar-refractivity contribution < 1.29 is 19.0 Å². The topological polar surface area (TPSA) is 59.4 Å². The zero-order valence-corrected chi connectivity index (χ0v) is 12.1. The molecule has 21 heavy (non-hydrogen) atoms. The highest BCUT2D eigenvalue weighted by Gasteiger charge is 2.30. The molecule has 0 spiro atoms. The number of hydrogen-bond donors (Lipinski definition) is 1. The SMILES string of the molecule is Cc1cc(F)cc2c(C(=O)O)c3c(nc12)CC(C)OC3C. The molecule has 1 aromatic heterocycles. The zero-order valence-electron chi connectivity index (χ0n) is 12.1. The summed E-state index contributed by atoms with van der Waals surface area (Å²) in [6, 6.07) is 2.61. The molecule has 1 aliphatic heterocycles. The van der Waals surface area contributed by atoms with Crippen LogP contribution in [0.2, 0.25) is 0 Å². The summed E-state index contributed by atoms with van der Waals surface area (Å²) < 4.78 is 19.4. The van der Waals surface area contributed by atoms with Crippen LogP contribution in [-0.2, 0) is 11.2 Å². The molecule has 0 bridgehead atoms. The number of carboxylic acid groups (broad SMARTS) is 1. The Morgan fingerprint density at radius 1 is 1.43 bits per heavy atom. The van der Waals surface area contributed by atoms with Crippen LogP contribution in [0.4, 0.5) is 4.39 Å².